The van der Waals surface area contributed by atoms with E-state index in [0.29, 0.717) is 11.3 Å². The smallest absolute Gasteiger partial charge is 0.230 e. The molecule has 0 N–H and O–H groups in total. The summed E-state index contributed by atoms with van der Waals surface area (Å²) in [5, 5.41) is 0. The molecule has 0 saturated carbocycles. The Balaban J connectivity index is 2.76. The molecular weight excluding hydrogens is 218 g/mol. The maximum atomic E-state index is 12.2. The zero-order valence-electron chi connectivity index (χ0n) is 10.5. The molecule has 1 aromatic heterocycles. The predicted octanol–water partition coefficient (Wildman–Crippen LogP) is 1.81. The molecule has 17 heavy (non-hydrogen) atoms. The number of allylic oxidation sites excluding steroid dienone is 2. The summed E-state index contributed by atoms with van der Waals surface area (Å²) in [5.74, 6) is -0.229. The van der Waals surface area contributed by atoms with Crippen molar-refractivity contribution in [3.63, 3.8) is 0 Å². The second kappa shape index (κ2) is 3.87. The maximum Gasteiger partial charge on any atom is 0.230 e. The number of carbonyl (C=O) groups is 2. The van der Waals surface area contributed by atoms with Gasteiger partial charge in [0, 0.05) is 18.8 Å². The summed E-state index contributed by atoms with van der Waals surface area (Å²) < 4.78 is 6.75. The van der Waals surface area contributed by atoms with Gasteiger partial charge in [-0.3, -0.25) is 9.59 Å². The minimum atomic E-state index is -0.192. The highest BCUT2D eigenvalue weighted by Crippen LogP contribution is 2.29. The van der Waals surface area contributed by atoms with E-state index in [4.69, 9.17) is 4.74 Å². The van der Waals surface area contributed by atoms with E-state index >= 15 is 0 Å². The molecule has 0 aliphatic heterocycles. The number of nitrogens with zero attached hydrogens (tertiary/aromatic N) is 1. The van der Waals surface area contributed by atoms with Gasteiger partial charge in [0.05, 0.1) is 12.7 Å². The van der Waals surface area contributed by atoms with Crippen molar-refractivity contribution in [3.8, 4) is 0 Å². The first-order valence-electron chi connectivity index (χ1n) is 5.55. The Morgan fingerprint density at radius 2 is 2.00 bits per heavy atom. The van der Waals surface area contributed by atoms with Gasteiger partial charge in [-0.1, -0.05) is 6.92 Å². The Kier molecular flexibility index (Phi) is 2.65. The van der Waals surface area contributed by atoms with Crippen LogP contribution in [0.1, 0.15) is 39.0 Å². The van der Waals surface area contributed by atoms with Crippen molar-refractivity contribution in [2.75, 3.05) is 7.11 Å². The van der Waals surface area contributed by atoms with Gasteiger partial charge < -0.3 is 9.30 Å². The average molecular weight is 233 g/mol. The van der Waals surface area contributed by atoms with Gasteiger partial charge >= 0.3 is 0 Å². The van der Waals surface area contributed by atoms with Gasteiger partial charge in [0.1, 0.15) is 5.69 Å². The molecule has 0 amide bonds. The number of carbonyl (C=O) groups excluding carboxylic acids is 2. The van der Waals surface area contributed by atoms with E-state index in [2.05, 4.69) is 0 Å². The number of hydrogen-bond acceptors (Lipinski definition) is 3. The van der Waals surface area contributed by atoms with Crippen LogP contribution in [0.3, 0.4) is 0 Å². The van der Waals surface area contributed by atoms with Crippen LogP contribution in [-0.2, 0) is 18.2 Å². The quantitative estimate of drug-likeness (QED) is 0.782. The molecule has 1 aromatic rings. The first-order chi connectivity index (χ1) is 8.02. The van der Waals surface area contributed by atoms with Gasteiger partial charge in [0.2, 0.25) is 11.6 Å². The second-order valence-electron chi connectivity index (χ2n) is 4.11. The molecule has 1 heterocycles. The number of methoxy groups -OCH3 is 1. The van der Waals surface area contributed by atoms with Gasteiger partial charge in [0.15, 0.2) is 5.76 Å². The van der Waals surface area contributed by atoms with Gasteiger partial charge in [-0.25, -0.2) is 0 Å². The van der Waals surface area contributed by atoms with Crippen molar-refractivity contribution in [1.82, 2.24) is 4.57 Å². The molecule has 0 fully saturated rings. The van der Waals surface area contributed by atoms with Crippen LogP contribution in [0.2, 0.25) is 0 Å². The minimum absolute atomic E-state index is 0.128. The van der Waals surface area contributed by atoms with Crippen molar-refractivity contribution >= 4 is 11.6 Å². The van der Waals surface area contributed by atoms with Gasteiger partial charge in [-0.2, -0.15) is 0 Å². The second-order valence-corrected chi connectivity index (χ2v) is 4.11. The van der Waals surface area contributed by atoms with E-state index < -0.39 is 0 Å². The Hall–Kier alpha value is -1.84. The number of aromatic nitrogens is 1. The highest BCUT2D eigenvalue weighted by atomic mass is 16.5. The Morgan fingerprint density at radius 1 is 1.35 bits per heavy atom. The molecule has 4 nitrogen and oxygen atoms in total. The molecule has 0 spiro atoms. The zero-order valence-corrected chi connectivity index (χ0v) is 10.5. The van der Waals surface area contributed by atoms with Crippen LogP contribution in [0.15, 0.2) is 11.8 Å². The number of ketones is 2. The topological polar surface area (TPSA) is 48.3 Å². The summed E-state index contributed by atoms with van der Waals surface area (Å²) >= 11 is 0. The summed E-state index contributed by atoms with van der Waals surface area (Å²) in [6.07, 6.45) is 1.99. The largest absolute Gasteiger partial charge is 0.492 e. The summed E-state index contributed by atoms with van der Waals surface area (Å²) in [4.78, 5) is 24.2. The van der Waals surface area contributed by atoms with Crippen molar-refractivity contribution in [3.05, 3.63) is 34.3 Å². The zero-order chi connectivity index (χ0) is 12.7. The van der Waals surface area contributed by atoms with E-state index in [1.807, 2.05) is 20.9 Å². The SMILES string of the molecule is CCc1c2c(n(C)c1C)C(=O)C=C(OC)C2=O. The number of Topliss-reactive ketones (excluding diaryl/α,β-unsaturated/α-hetero) is 1. The Bertz CT molecular complexity index is 550. The lowest BCUT2D eigenvalue weighted by Gasteiger charge is -2.12. The summed E-state index contributed by atoms with van der Waals surface area (Å²) in [5.41, 5.74) is 2.88. The van der Waals surface area contributed by atoms with Crippen LogP contribution in [0.5, 0.6) is 0 Å². The molecule has 0 aromatic carbocycles. The number of hydrogen-bond donors (Lipinski definition) is 0. The molecule has 0 saturated heterocycles. The highest BCUT2D eigenvalue weighted by Gasteiger charge is 2.33. The summed E-state index contributed by atoms with van der Waals surface area (Å²) in [7, 11) is 3.22. The summed E-state index contributed by atoms with van der Waals surface area (Å²) in [6, 6.07) is 0. The maximum absolute atomic E-state index is 12.2. The highest BCUT2D eigenvalue weighted by molar-refractivity contribution is 6.24. The normalized spacial score (nSPS) is 14.7. The molecule has 0 radical (unpaired) electrons. The Morgan fingerprint density at radius 3 is 2.53 bits per heavy atom. The standard InChI is InChI=1S/C13H15NO3/c1-5-8-7(2)14(3)12-9(15)6-10(17-4)13(16)11(8)12/h6H,5H2,1-4H3. The van der Waals surface area contributed by atoms with Crippen LogP contribution in [0.25, 0.3) is 0 Å². The lowest BCUT2D eigenvalue weighted by molar-refractivity contribution is 0.0913. The van der Waals surface area contributed by atoms with E-state index in [9.17, 15) is 9.59 Å². The van der Waals surface area contributed by atoms with Crippen LogP contribution in [0, 0.1) is 6.92 Å². The number of rotatable bonds is 2. The fourth-order valence-corrected chi connectivity index (χ4v) is 2.36. The molecule has 0 atom stereocenters. The van der Waals surface area contributed by atoms with Crippen LogP contribution in [0.4, 0.5) is 0 Å². The van der Waals surface area contributed by atoms with Gasteiger partial charge in [0.25, 0.3) is 0 Å². The molecule has 4 heteroatoms. The number of ether oxygens (including phenoxy) is 1. The monoisotopic (exact) mass is 233 g/mol. The molecule has 1 aliphatic carbocycles. The minimum Gasteiger partial charge on any atom is -0.492 e. The van der Waals surface area contributed by atoms with Crippen molar-refractivity contribution in [2.24, 2.45) is 7.05 Å². The first kappa shape index (κ1) is 11.6. The molecule has 2 rings (SSSR count). The molecule has 0 unspecified atom stereocenters. The Labute approximate surface area is 99.9 Å². The predicted molar refractivity (Wildman–Crippen MR) is 63.3 cm³/mol. The average Bonchev–Trinajstić information content (AvgIpc) is 2.57. The summed E-state index contributed by atoms with van der Waals surface area (Å²) in [6.45, 7) is 3.90. The van der Waals surface area contributed by atoms with E-state index in [1.54, 1.807) is 4.57 Å². The van der Waals surface area contributed by atoms with Crippen LogP contribution < -0.4 is 0 Å². The van der Waals surface area contributed by atoms with Crippen molar-refractivity contribution in [1.29, 1.82) is 0 Å². The van der Waals surface area contributed by atoms with Crippen LogP contribution in [-0.4, -0.2) is 23.2 Å². The molecule has 1 aliphatic rings. The fourth-order valence-electron chi connectivity index (χ4n) is 2.36. The lowest BCUT2D eigenvalue weighted by atomic mass is 9.95. The van der Waals surface area contributed by atoms with Crippen molar-refractivity contribution in [2.45, 2.75) is 20.3 Å². The van der Waals surface area contributed by atoms with Gasteiger partial charge in [-0.05, 0) is 18.9 Å². The molecule has 0 bridgehead atoms. The molecular formula is C13H15NO3. The van der Waals surface area contributed by atoms with E-state index in [0.717, 1.165) is 17.7 Å². The molecule has 90 valence electrons. The van der Waals surface area contributed by atoms with Crippen LogP contribution >= 0.6 is 0 Å². The number of fused-ring (bicyclic) bond motifs is 1. The van der Waals surface area contributed by atoms with E-state index in [1.165, 1.54) is 13.2 Å². The lowest BCUT2D eigenvalue weighted by Crippen LogP contribution is -2.19. The first-order valence-corrected chi connectivity index (χ1v) is 5.55. The fraction of sp³-hybridized carbons (Fsp3) is 0.385. The van der Waals surface area contributed by atoms with Gasteiger partial charge in [-0.15, -0.1) is 0 Å². The van der Waals surface area contributed by atoms with E-state index in [-0.39, 0.29) is 17.3 Å². The van der Waals surface area contributed by atoms with Crippen molar-refractivity contribution < 1.29 is 14.3 Å². The third-order valence-corrected chi connectivity index (χ3v) is 3.33. The third kappa shape index (κ3) is 1.44. The third-order valence-electron chi connectivity index (χ3n) is 3.33.